The number of ether oxygens (including phenoxy) is 1. The SMILES string of the molecule is Cc1nc2cnc(N(C)C3CCN(CC(F)(F)C4CC4)CC3)c(C#N)c2c(=O)n1CCOc1ccc(Cl)cc1-c1ccnc2c(C(=O)O)csc12. The minimum Gasteiger partial charge on any atom is -0.491 e. The highest BCUT2D eigenvalue weighted by Crippen LogP contribution is 2.44. The van der Waals surface area contributed by atoms with Gasteiger partial charge in [0, 0.05) is 59.8 Å². The van der Waals surface area contributed by atoms with Crippen molar-refractivity contribution < 1.29 is 23.4 Å². The molecule has 1 saturated carbocycles. The van der Waals surface area contributed by atoms with Crippen LogP contribution in [0.3, 0.4) is 0 Å². The number of hydrogen-bond donors (Lipinski definition) is 1. The van der Waals surface area contributed by atoms with Crippen LogP contribution in [0.15, 0.2) is 46.8 Å². The Bertz CT molecular complexity index is 2260. The van der Waals surface area contributed by atoms with Crippen LogP contribution in [-0.2, 0) is 6.54 Å². The summed E-state index contributed by atoms with van der Waals surface area (Å²) in [5.41, 5.74) is 1.84. The lowest BCUT2D eigenvalue weighted by Gasteiger charge is -2.38. The van der Waals surface area contributed by atoms with E-state index in [1.54, 1.807) is 42.8 Å². The van der Waals surface area contributed by atoms with Gasteiger partial charge in [-0.3, -0.25) is 19.2 Å². The zero-order chi connectivity index (χ0) is 36.0. The molecular formula is C36H34ClF2N7O4S. The monoisotopic (exact) mass is 733 g/mol. The Morgan fingerprint density at radius 1 is 1.20 bits per heavy atom. The first kappa shape index (κ1) is 34.7. The van der Waals surface area contributed by atoms with Crippen LogP contribution < -0.4 is 15.2 Å². The molecule has 1 aliphatic carbocycles. The van der Waals surface area contributed by atoms with Crippen molar-refractivity contribution in [2.45, 2.75) is 51.1 Å². The number of nitrogens with zero attached hydrogens (tertiary/aromatic N) is 7. The number of thiophene rings is 1. The number of aryl methyl sites for hydroxylation is 1. The van der Waals surface area contributed by atoms with Crippen LogP contribution >= 0.6 is 22.9 Å². The third-order valence-corrected chi connectivity index (χ3v) is 11.1. The van der Waals surface area contributed by atoms with E-state index in [0.717, 1.165) is 0 Å². The number of carboxylic acids is 1. The average molecular weight is 734 g/mol. The van der Waals surface area contributed by atoms with Gasteiger partial charge in [0.25, 0.3) is 11.5 Å². The summed E-state index contributed by atoms with van der Waals surface area (Å²) in [5.74, 6) is -2.98. The number of hydrogen-bond acceptors (Lipinski definition) is 10. The molecule has 0 spiro atoms. The maximum atomic E-state index is 14.4. The third kappa shape index (κ3) is 6.73. The molecule has 7 rings (SSSR count). The van der Waals surface area contributed by atoms with E-state index in [0.29, 0.717) is 88.0 Å². The Morgan fingerprint density at radius 2 is 1.96 bits per heavy atom. The fourth-order valence-corrected chi connectivity index (χ4v) is 8.10. The molecule has 1 aromatic carbocycles. The predicted octanol–water partition coefficient (Wildman–Crippen LogP) is 6.62. The average Bonchev–Trinajstić information content (AvgIpc) is 3.89. The first-order chi connectivity index (χ1) is 24.5. The first-order valence-electron chi connectivity index (χ1n) is 16.6. The molecule has 0 amide bonds. The molecule has 1 aliphatic heterocycles. The van der Waals surface area contributed by atoms with Crippen molar-refractivity contribution in [1.29, 1.82) is 5.26 Å². The van der Waals surface area contributed by atoms with E-state index < -0.39 is 23.4 Å². The second-order valence-electron chi connectivity index (χ2n) is 13.1. The molecule has 11 nitrogen and oxygen atoms in total. The van der Waals surface area contributed by atoms with Gasteiger partial charge in [-0.1, -0.05) is 11.6 Å². The van der Waals surface area contributed by atoms with Gasteiger partial charge in [-0.15, -0.1) is 11.3 Å². The number of alkyl halides is 2. The van der Waals surface area contributed by atoms with E-state index in [1.807, 2.05) is 16.8 Å². The van der Waals surface area contributed by atoms with E-state index in [4.69, 9.17) is 16.3 Å². The molecule has 1 N–H and O–H groups in total. The molecule has 0 atom stereocenters. The minimum absolute atomic E-state index is 0.0398. The lowest BCUT2D eigenvalue weighted by molar-refractivity contribution is -0.0558. The number of pyridine rings is 2. The quantitative estimate of drug-likeness (QED) is 0.158. The molecule has 4 aromatic heterocycles. The van der Waals surface area contributed by atoms with Crippen LogP contribution in [-0.4, -0.2) is 80.7 Å². The van der Waals surface area contributed by atoms with Gasteiger partial charge in [0.1, 0.15) is 35.6 Å². The maximum Gasteiger partial charge on any atom is 0.338 e. The Hall–Kier alpha value is -4.71. The number of aromatic carboxylic acids is 1. The number of likely N-dealkylation sites (tertiary alicyclic amines) is 1. The number of rotatable bonds is 11. The van der Waals surface area contributed by atoms with Crippen molar-refractivity contribution in [2.75, 3.05) is 38.2 Å². The Kier molecular flexibility index (Phi) is 9.38. The van der Waals surface area contributed by atoms with Crippen LogP contribution in [0.4, 0.5) is 14.6 Å². The molecule has 0 bridgehead atoms. The molecular weight excluding hydrogens is 700 g/mol. The van der Waals surface area contributed by atoms with Gasteiger partial charge in [0.05, 0.1) is 46.0 Å². The van der Waals surface area contributed by atoms with Crippen molar-refractivity contribution in [3.05, 3.63) is 74.4 Å². The minimum atomic E-state index is -2.66. The first-order valence-corrected chi connectivity index (χ1v) is 17.9. The Balaban J connectivity index is 1.11. The highest BCUT2D eigenvalue weighted by Gasteiger charge is 2.47. The van der Waals surface area contributed by atoms with Crippen molar-refractivity contribution >= 4 is 55.8 Å². The third-order valence-electron chi connectivity index (χ3n) is 9.82. The van der Waals surface area contributed by atoms with Crippen LogP contribution in [0, 0.1) is 24.2 Å². The van der Waals surface area contributed by atoms with E-state index in [9.17, 15) is 28.7 Å². The van der Waals surface area contributed by atoms with E-state index in [-0.39, 0.29) is 42.3 Å². The number of piperidine rings is 1. The molecule has 5 heterocycles. The van der Waals surface area contributed by atoms with Crippen LogP contribution in [0.2, 0.25) is 5.02 Å². The molecule has 5 aromatic rings. The van der Waals surface area contributed by atoms with Gasteiger partial charge < -0.3 is 14.7 Å². The molecule has 15 heteroatoms. The van der Waals surface area contributed by atoms with Gasteiger partial charge in [0.15, 0.2) is 0 Å². The van der Waals surface area contributed by atoms with E-state index in [1.165, 1.54) is 22.1 Å². The number of carbonyl (C=O) groups is 1. The molecule has 2 aliphatic rings. The second-order valence-corrected chi connectivity index (χ2v) is 14.4. The smallest absolute Gasteiger partial charge is 0.338 e. The molecule has 2 fully saturated rings. The van der Waals surface area contributed by atoms with Gasteiger partial charge >= 0.3 is 5.97 Å². The highest BCUT2D eigenvalue weighted by molar-refractivity contribution is 7.18. The summed E-state index contributed by atoms with van der Waals surface area (Å²) in [4.78, 5) is 42.9. The molecule has 0 unspecified atom stereocenters. The van der Waals surface area contributed by atoms with Crippen molar-refractivity contribution in [3.63, 3.8) is 0 Å². The maximum absolute atomic E-state index is 14.4. The number of aromatic nitrogens is 4. The summed E-state index contributed by atoms with van der Waals surface area (Å²) in [6, 6.07) is 9.06. The topological polar surface area (TPSA) is 137 Å². The number of fused-ring (bicyclic) bond motifs is 2. The van der Waals surface area contributed by atoms with E-state index in [2.05, 4.69) is 21.0 Å². The lowest BCUT2D eigenvalue weighted by Crippen LogP contribution is -2.47. The fourth-order valence-electron chi connectivity index (χ4n) is 6.90. The molecule has 1 saturated heterocycles. The van der Waals surface area contributed by atoms with Crippen LogP contribution in [0.25, 0.3) is 32.2 Å². The number of benzene rings is 1. The number of anilines is 1. The van der Waals surface area contributed by atoms with E-state index >= 15 is 0 Å². The Morgan fingerprint density at radius 3 is 2.67 bits per heavy atom. The summed E-state index contributed by atoms with van der Waals surface area (Å²) in [6.45, 7) is 2.68. The zero-order valence-electron chi connectivity index (χ0n) is 27.9. The second kappa shape index (κ2) is 13.8. The van der Waals surface area contributed by atoms with Gasteiger partial charge in [-0.05, 0) is 56.9 Å². The highest BCUT2D eigenvalue weighted by atomic mass is 35.5. The summed E-state index contributed by atoms with van der Waals surface area (Å²) in [6.07, 6.45) is 5.47. The van der Waals surface area contributed by atoms with Crippen LogP contribution in [0.5, 0.6) is 5.75 Å². The number of carboxylic acid groups (broad SMARTS) is 1. The van der Waals surface area contributed by atoms with Crippen LogP contribution in [0.1, 0.15) is 47.4 Å². The summed E-state index contributed by atoms with van der Waals surface area (Å²) >= 11 is 7.64. The largest absolute Gasteiger partial charge is 0.491 e. The summed E-state index contributed by atoms with van der Waals surface area (Å²) in [5, 5.41) is 22.1. The van der Waals surface area contributed by atoms with Gasteiger partial charge in [0.2, 0.25) is 0 Å². The standard InChI is InChI=1S/C36H34ClF2N7O4S/c1-20-43-28-17-42-33(44(2)23-8-11-45(12-9-23)19-36(38,39)21-3-4-21)26(16-40)30(28)34(47)46(20)13-14-50-29-6-5-22(37)15-25(29)24-7-10-41-31-27(35(48)49)18-51-32(24)31/h5-7,10,15,17-18,21,23H,3-4,8-9,11-14,19H2,1-2H3,(H,48,49). The van der Waals surface area contributed by atoms with Gasteiger partial charge in [-0.25, -0.2) is 23.5 Å². The summed E-state index contributed by atoms with van der Waals surface area (Å²) in [7, 11) is 1.82. The molecule has 51 heavy (non-hydrogen) atoms. The lowest BCUT2D eigenvalue weighted by atomic mass is 10.0. The van der Waals surface area contributed by atoms with Gasteiger partial charge in [-0.2, -0.15) is 5.26 Å². The zero-order valence-corrected chi connectivity index (χ0v) is 29.5. The number of nitriles is 1. The normalized spacial score (nSPS) is 15.7. The van der Waals surface area contributed by atoms with Crippen molar-refractivity contribution in [3.8, 4) is 22.9 Å². The summed E-state index contributed by atoms with van der Waals surface area (Å²) < 4.78 is 37.2. The van der Waals surface area contributed by atoms with Crippen molar-refractivity contribution in [1.82, 2.24) is 24.4 Å². The fraction of sp³-hybridized carbons (Fsp3) is 0.389. The van der Waals surface area contributed by atoms with Crippen molar-refractivity contribution in [2.24, 2.45) is 5.92 Å². The molecule has 0 radical (unpaired) electrons. The molecule has 264 valence electrons. The number of halogens is 3. The Labute approximate surface area is 300 Å². The predicted molar refractivity (Wildman–Crippen MR) is 191 cm³/mol.